The average molecular weight is 140 g/mol. The molecule has 0 saturated carbocycles. The van der Waals surface area contributed by atoms with Gasteiger partial charge in [-0.25, -0.2) is 0 Å². The molecule has 0 aliphatic rings. The SMILES string of the molecule is CCc1ccc(CCO)o1. The normalized spacial score (nSPS) is 10.2. The summed E-state index contributed by atoms with van der Waals surface area (Å²) in [7, 11) is 0. The fourth-order valence-corrected chi connectivity index (χ4v) is 0.857. The molecule has 1 aromatic heterocycles. The summed E-state index contributed by atoms with van der Waals surface area (Å²) in [4.78, 5) is 0. The number of aryl methyl sites for hydroxylation is 1. The molecule has 0 radical (unpaired) electrons. The highest BCUT2D eigenvalue weighted by molar-refractivity contribution is 5.06. The zero-order chi connectivity index (χ0) is 7.40. The molecule has 1 rings (SSSR count). The summed E-state index contributed by atoms with van der Waals surface area (Å²) in [5.74, 6) is 1.86. The summed E-state index contributed by atoms with van der Waals surface area (Å²) in [5.41, 5.74) is 0. The van der Waals surface area contributed by atoms with Crippen LogP contribution >= 0.6 is 0 Å². The highest BCUT2D eigenvalue weighted by Crippen LogP contribution is 2.07. The van der Waals surface area contributed by atoms with Gasteiger partial charge in [0.25, 0.3) is 0 Å². The largest absolute Gasteiger partial charge is 0.466 e. The monoisotopic (exact) mass is 140 g/mol. The first-order valence-electron chi connectivity index (χ1n) is 3.55. The van der Waals surface area contributed by atoms with E-state index in [1.165, 1.54) is 0 Å². The Hall–Kier alpha value is -0.760. The molecule has 0 spiro atoms. The first-order valence-corrected chi connectivity index (χ1v) is 3.55. The summed E-state index contributed by atoms with van der Waals surface area (Å²) in [5, 5.41) is 8.54. The van der Waals surface area contributed by atoms with E-state index < -0.39 is 0 Å². The topological polar surface area (TPSA) is 33.4 Å². The summed E-state index contributed by atoms with van der Waals surface area (Å²) >= 11 is 0. The quantitative estimate of drug-likeness (QED) is 0.688. The second-order valence-corrected chi connectivity index (χ2v) is 2.20. The minimum absolute atomic E-state index is 0.163. The third-order valence-corrected chi connectivity index (χ3v) is 1.42. The van der Waals surface area contributed by atoms with Crippen molar-refractivity contribution in [2.45, 2.75) is 19.8 Å². The molecule has 1 heterocycles. The molecule has 0 aliphatic carbocycles. The van der Waals surface area contributed by atoms with Crippen molar-refractivity contribution in [1.29, 1.82) is 0 Å². The predicted octanol–water partition coefficient (Wildman–Crippen LogP) is 1.38. The lowest BCUT2D eigenvalue weighted by atomic mass is 10.3. The van der Waals surface area contributed by atoms with Crippen molar-refractivity contribution in [3.8, 4) is 0 Å². The van der Waals surface area contributed by atoms with E-state index in [4.69, 9.17) is 9.52 Å². The Balaban J connectivity index is 2.59. The number of furan rings is 1. The lowest BCUT2D eigenvalue weighted by Crippen LogP contribution is -1.86. The smallest absolute Gasteiger partial charge is 0.106 e. The third-order valence-electron chi connectivity index (χ3n) is 1.42. The van der Waals surface area contributed by atoms with Crippen LogP contribution in [0.15, 0.2) is 16.5 Å². The lowest BCUT2D eigenvalue weighted by molar-refractivity contribution is 0.286. The van der Waals surface area contributed by atoms with Crippen molar-refractivity contribution in [2.24, 2.45) is 0 Å². The van der Waals surface area contributed by atoms with Gasteiger partial charge in [0.2, 0.25) is 0 Å². The van der Waals surface area contributed by atoms with E-state index in [-0.39, 0.29) is 6.61 Å². The van der Waals surface area contributed by atoms with Crippen LogP contribution in [0.2, 0.25) is 0 Å². The van der Waals surface area contributed by atoms with Crippen LogP contribution in [0.25, 0.3) is 0 Å². The molecule has 0 amide bonds. The Kier molecular flexibility index (Phi) is 2.51. The van der Waals surface area contributed by atoms with Gasteiger partial charge < -0.3 is 9.52 Å². The maximum atomic E-state index is 8.54. The minimum Gasteiger partial charge on any atom is -0.466 e. The number of hydrogen-bond donors (Lipinski definition) is 1. The van der Waals surface area contributed by atoms with Crippen molar-refractivity contribution < 1.29 is 9.52 Å². The minimum atomic E-state index is 0.163. The van der Waals surface area contributed by atoms with E-state index in [9.17, 15) is 0 Å². The molecule has 0 bridgehead atoms. The number of hydrogen-bond acceptors (Lipinski definition) is 2. The highest BCUT2D eigenvalue weighted by atomic mass is 16.3. The van der Waals surface area contributed by atoms with E-state index >= 15 is 0 Å². The molecule has 0 unspecified atom stereocenters. The Morgan fingerprint density at radius 1 is 1.40 bits per heavy atom. The predicted molar refractivity (Wildman–Crippen MR) is 38.9 cm³/mol. The maximum absolute atomic E-state index is 8.54. The Labute approximate surface area is 60.5 Å². The van der Waals surface area contributed by atoms with Crippen molar-refractivity contribution in [2.75, 3.05) is 6.61 Å². The van der Waals surface area contributed by atoms with Crippen molar-refractivity contribution in [1.82, 2.24) is 0 Å². The van der Waals surface area contributed by atoms with Gasteiger partial charge in [0.05, 0.1) is 6.61 Å². The van der Waals surface area contributed by atoms with Crippen LogP contribution < -0.4 is 0 Å². The van der Waals surface area contributed by atoms with E-state index in [0.717, 1.165) is 17.9 Å². The van der Waals surface area contributed by atoms with Crippen LogP contribution in [0.4, 0.5) is 0 Å². The molecule has 0 fully saturated rings. The van der Waals surface area contributed by atoms with Gasteiger partial charge in [0, 0.05) is 12.8 Å². The summed E-state index contributed by atoms with van der Waals surface area (Å²) in [6, 6.07) is 3.86. The average Bonchev–Trinajstić information content (AvgIpc) is 2.37. The van der Waals surface area contributed by atoms with Crippen LogP contribution in [0, 0.1) is 0 Å². The molecule has 0 aliphatic heterocycles. The molecule has 10 heavy (non-hydrogen) atoms. The van der Waals surface area contributed by atoms with E-state index in [0.29, 0.717) is 6.42 Å². The fraction of sp³-hybridized carbons (Fsp3) is 0.500. The van der Waals surface area contributed by atoms with Gasteiger partial charge in [0.1, 0.15) is 11.5 Å². The number of rotatable bonds is 3. The molecule has 56 valence electrons. The molecule has 0 atom stereocenters. The molecular weight excluding hydrogens is 128 g/mol. The second-order valence-electron chi connectivity index (χ2n) is 2.20. The Bertz CT molecular complexity index is 191. The lowest BCUT2D eigenvalue weighted by Gasteiger charge is -1.89. The second kappa shape index (κ2) is 3.42. The van der Waals surface area contributed by atoms with E-state index in [1.807, 2.05) is 19.1 Å². The molecule has 2 nitrogen and oxygen atoms in total. The van der Waals surface area contributed by atoms with Gasteiger partial charge in [-0.15, -0.1) is 0 Å². The summed E-state index contributed by atoms with van der Waals surface area (Å²) in [6.07, 6.45) is 1.55. The van der Waals surface area contributed by atoms with Crippen molar-refractivity contribution in [3.05, 3.63) is 23.7 Å². The molecule has 0 saturated heterocycles. The first-order chi connectivity index (χ1) is 4.86. The fourth-order valence-electron chi connectivity index (χ4n) is 0.857. The van der Waals surface area contributed by atoms with Gasteiger partial charge >= 0.3 is 0 Å². The first kappa shape index (κ1) is 7.35. The van der Waals surface area contributed by atoms with Crippen LogP contribution in [0.5, 0.6) is 0 Å². The van der Waals surface area contributed by atoms with Gasteiger partial charge in [-0.3, -0.25) is 0 Å². The van der Waals surface area contributed by atoms with E-state index in [2.05, 4.69) is 0 Å². The van der Waals surface area contributed by atoms with Crippen LogP contribution in [0.3, 0.4) is 0 Å². The zero-order valence-corrected chi connectivity index (χ0v) is 6.13. The van der Waals surface area contributed by atoms with Gasteiger partial charge in [-0.2, -0.15) is 0 Å². The van der Waals surface area contributed by atoms with Crippen LogP contribution in [-0.4, -0.2) is 11.7 Å². The van der Waals surface area contributed by atoms with Gasteiger partial charge in [0.15, 0.2) is 0 Å². The molecule has 1 N–H and O–H groups in total. The number of aliphatic hydroxyl groups is 1. The van der Waals surface area contributed by atoms with Crippen LogP contribution in [-0.2, 0) is 12.8 Å². The standard InChI is InChI=1S/C8H12O2/c1-2-7-3-4-8(10-7)5-6-9/h3-4,9H,2,5-6H2,1H3. The summed E-state index contributed by atoms with van der Waals surface area (Å²) < 4.78 is 5.31. The van der Waals surface area contributed by atoms with Crippen LogP contribution in [0.1, 0.15) is 18.4 Å². The summed E-state index contributed by atoms with van der Waals surface area (Å²) in [6.45, 7) is 2.21. The number of aliphatic hydroxyl groups excluding tert-OH is 1. The Morgan fingerprint density at radius 2 is 2.10 bits per heavy atom. The van der Waals surface area contributed by atoms with Gasteiger partial charge in [-0.1, -0.05) is 6.92 Å². The van der Waals surface area contributed by atoms with Crippen molar-refractivity contribution in [3.63, 3.8) is 0 Å². The van der Waals surface area contributed by atoms with Crippen molar-refractivity contribution >= 4 is 0 Å². The Morgan fingerprint density at radius 3 is 2.60 bits per heavy atom. The highest BCUT2D eigenvalue weighted by Gasteiger charge is 1.97. The molecule has 1 aromatic rings. The maximum Gasteiger partial charge on any atom is 0.106 e. The molecule has 0 aromatic carbocycles. The molecular formula is C8H12O2. The van der Waals surface area contributed by atoms with E-state index in [1.54, 1.807) is 0 Å². The van der Waals surface area contributed by atoms with Gasteiger partial charge in [-0.05, 0) is 12.1 Å². The third kappa shape index (κ3) is 1.61. The molecule has 2 heteroatoms. The zero-order valence-electron chi connectivity index (χ0n) is 6.13.